The molecule has 0 spiro atoms. The number of aromatic nitrogens is 2. The molecule has 0 bridgehead atoms. The van der Waals surface area contributed by atoms with Gasteiger partial charge in [0.05, 0.1) is 24.9 Å². The molecule has 2 heterocycles. The molecule has 1 aliphatic rings. The van der Waals surface area contributed by atoms with Crippen LogP contribution in [-0.4, -0.2) is 53.9 Å². The van der Waals surface area contributed by atoms with Gasteiger partial charge >= 0.3 is 0 Å². The third-order valence-corrected chi connectivity index (χ3v) is 6.30. The monoisotopic (exact) mass is 470 g/mol. The molecule has 6 nitrogen and oxygen atoms in total. The fourth-order valence-corrected chi connectivity index (χ4v) is 4.50. The minimum atomic E-state index is -0.243. The van der Waals surface area contributed by atoms with Crippen molar-refractivity contribution in [2.45, 2.75) is 6.54 Å². The maximum atomic E-state index is 14.2. The highest BCUT2D eigenvalue weighted by atomic mass is 19.1. The normalized spacial score (nSPS) is 13.7. The molecule has 4 aromatic rings. The fraction of sp³-hybridized carbons (Fsp3) is 0.214. The summed E-state index contributed by atoms with van der Waals surface area (Å²) in [6.45, 7) is 2.69. The summed E-state index contributed by atoms with van der Waals surface area (Å²) in [7, 11) is 1.61. The van der Waals surface area contributed by atoms with Gasteiger partial charge in [0.15, 0.2) is 0 Å². The number of anilines is 1. The van der Waals surface area contributed by atoms with Crippen molar-refractivity contribution in [1.82, 2.24) is 14.7 Å². The number of ether oxygens (including phenoxy) is 1. The number of carbonyl (C=O) groups excluding carboxylic acids is 1. The van der Waals surface area contributed by atoms with Crippen molar-refractivity contribution in [3.05, 3.63) is 102 Å². The molecule has 3 aromatic carbocycles. The van der Waals surface area contributed by atoms with Crippen LogP contribution in [0.1, 0.15) is 15.9 Å². The lowest BCUT2D eigenvalue weighted by Crippen LogP contribution is -2.49. The number of rotatable bonds is 6. The minimum absolute atomic E-state index is 0.0848. The van der Waals surface area contributed by atoms with Crippen molar-refractivity contribution in [1.29, 1.82) is 0 Å². The SMILES string of the molecule is COc1ccccc1-c1nn(Cc2ccccc2)cc1C(=O)N1CCN(c2ccccc2F)CC1. The number of carbonyl (C=O) groups is 1. The molecule has 0 saturated carbocycles. The molecule has 1 fully saturated rings. The number of hydrogen-bond donors (Lipinski definition) is 0. The van der Waals surface area contributed by atoms with E-state index in [-0.39, 0.29) is 11.7 Å². The first kappa shape index (κ1) is 22.7. The van der Waals surface area contributed by atoms with E-state index < -0.39 is 0 Å². The Hall–Kier alpha value is -4.13. The standard InChI is InChI=1S/C28H27FN4O2/c1-35-26-14-8-5-11-22(26)27-23(20-33(30-27)19-21-9-3-2-4-10-21)28(34)32-17-15-31(16-18-32)25-13-7-6-12-24(25)29/h2-14,20H,15-19H2,1H3. The van der Waals surface area contributed by atoms with Gasteiger partial charge in [-0.15, -0.1) is 0 Å². The maximum absolute atomic E-state index is 14.2. The van der Waals surface area contributed by atoms with E-state index in [9.17, 15) is 9.18 Å². The number of methoxy groups -OCH3 is 1. The summed E-state index contributed by atoms with van der Waals surface area (Å²) < 4.78 is 21.6. The van der Waals surface area contributed by atoms with Crippen molar-refractivity contribution in [3.63, 3.8) is 0 Å². The molecule has 178 valence electrons. The summed E-state index contributed by atoms with van der Waals surface area (Å²) >= 11 is 0. The van der Waals surface area contributed by atoms with E-state index in [4.69, 9.17) is 9.84 Å². The summed E-state index contributed by atoms with van der Waals surface area (Å²) in [4.78, 5) is 17.5. The highest BCUT2D eigenvalue weighted by molar-refractivity contribution is 6.00. The number of amides is 1. The zero-order chi connectivity index (χ0) is 24.2. The number of hydrogen-bond acceptors (Lipinski definition) is 4. The van der Waals surface area contributed by atoms with Gasteiger partial charge in [-0.2, -0.15) is 5.10 Å². The van der Waals surface area contributed by atoms with Crippen LogP contribution in [0.5, 0.6) is 5.75 Å². The third kappa shape index (κ3) is 4.75. The number of piperazine rings is 1. The summed E-state index contributed by atoms with van der Waals surface area (Å²) in [5, 5.41) is 4.80. The van der Waals surface area contributed by atoms with Gasteiger partial charge in [0.25, 0.3) is 5.91 Å². The Kier molecular flexibility index (Phi) is 6.48. The van der Waals surface area contributed by atoms with Gasteiger partial charge in [-0.05, 0) is 29.8 Å². The van der Waals surface area contributed by atoms with E-state index in [1.165, 1.54) is 6.07 Å². The average molecular weight is 471 g/mol. The first-order valence-corrected chi connectivity index (χ1v) is 11.7. The smallest absolute Gasteiger partial charge is 0.257 e. The Labute approximate surface area is 204 Å². The van der Waals surface area contributed by atoms with Crippen LogP contribution in [0.4, 0.5) is 10.1 Å². The van der Waals surface area contributed by atoms with Crippen molar-refractivity contribution < 1.29 is 13.9 Å². The molecule has 0 N–H and O–H groups in total. The Balaban J connectivity index is 1.43. The minimum Gasteiger partial charge on any atom is -0.496 e. The van der Waals surface area contributed by atoms with E-state index in [0.717, 1.165) is 11.1 Å². The Bertz CT molecular complexity index is 1310. The van der Waals surface area contributed by atoms with Crippen LogP contribution in [0.15, 0.2) is 85.1 Å². The first-order valence-electron chi connectivity index (χ1n) is 11.7. The molecule has 0 atom stereocenters. The molecule has 35 heavy (non-hydrogen) atoms. The molecular formula is C28H27FN4O2. The quantitative estimate of drug-likeness (QED) is 0.410. The van der Waals surface area contributed by atoms with Crippen LogP contribution in [0.3, 0.4) is 0 Å². The van der Waals surface area contributed by atoms with Gasteiger partial charge in [-0.3, -0.25) is 9.48 Å². The summed E-state index contributed by atoms with van der Waals surface area (Å²) in [5.41, 5.74) is 3.57. The predicted octanol–water partition coefficient (Wildman–Crippen LogP) is 4.71. The number of nitrogens with zero attached hydrogens (tertiary/aromatic N) is 4. The molecule has 7 heteroatoms. The van der Waals surface area contributed by atoms with Crippen LogP contribution in [0.2, 0.25) is 0 Å². The number of para-hydroxylation sites is 2. The second-order valence-electron chi connectivity index (χ2n) is 8.51. The summed E-state index contributed by atoms with van der Waals surface area (Å²) in [6.07, 6.45) is 1.82. The number of benzene rings is 3. The second-order valence-corrected chi connectivity index (χ2v) is 8.51. The van der Waals surface area contributed by atoms with Crippen LogP contribution >= 0.6 is 0 Å². The van der Waals surface area contributed by atoms with E-state index in [1.54, 1.807) is 23.9 Å². The maximum Gasteiger partial charge on any atom is 0.257 e. The molecule has 0 aliphatic carbocycles. The topological polar surface area (TPSA) is 50.6 Å². The van der Waals surface area contributed by atoms with Crippen molar-refractivity contribution in [2.24, 2.45) is 0 Å². The van der Waals surface area contributed by atoms with Crippen LogP contribution in [0, 0.1) is 5.82 Å². The lowest BCUT2D eigenvalue weighted by Gasteiger charge is -2.36. The molecule has 1 aliphatic heterocycles. The van der Waals surface area contributed by atoms with Crippen molar-refractivity contribution >= 4 is 11.6 Å². The number of halogens is 1. The third-order valence-electron chi connectivity index (χ3n) is 6.30. The molecule has 1 aromatic heterocycles. The molecule has 5 rings (SSSR count). The Morgan fingerprint density at radius 3 is 2.34 bits per heavy atom. The zero-order valence-corrected chi connectivity index (χ0v) is 19.6. The van der Waals surface area contributed by atoms with E-state index in [0.29, 0.717) is 55.4 Å². The van der Waals surface area contributed by atoms with E-state index >= 15 is 0 Å². The molecule has 0 unspecified atom stereocenters. The molecule has 1 saturated heterocycles. The zero-order valence-electron chi connectivity index (χ0n) is 19.6. The molecule has 0 radical (unpaired) electrons. The van der Waals surface area contributed by atoms with E-state index in [2.05, 4.69) is 0 Å². The summed E-state index contributed by atoms with van der Waals surface area (Å²) in [6, 6.07) is 24.4. The first-order chi connectivity index (χ1) is 17.1. The summed E-state index contributed by atoms with van der Waals surface area (Å²) in [5.74, 6) is 0.335. The van der Waals surface area contributed by atoms with Gasteiger partial charge < -0.3 is 14.5 Å². The lowest BCUT2D eigenvalue weighted by molar-refractivity contribution is 0.0747. The van der Waals surface area contributed by atoms with Gasteiger partial charge in [-0.1, -0.05) is 54.6 Å². The Morgan fingerprint density at radius 2 is 1.60 bits per heavy atom. The highest BCUT2D eigenvalue weighted by Crippen LogP contribution is 2.32. The predicted molar refractivity (Wildman–Crippen MR) is 134 cm³/mol. The van der Waals surface area contributed by atoms with E-state index in [1.807, 2.05) is 76.7 Å². The van der Waals surface area contributed by atoms with Crippen LogP contribution < -0.4 is 9.64 Å². The van der Waals surface area contributed by atoms with Crippen molar-refractivity contribution in [2.75, 3.05) is 38.2 Å². The lowest BCUT2D eigenvalue weighted by atomic mass is 10.1. The average Bonchev–Trinajstić information content (AvgIpc) is 3.32. The van der Waals surface area contributed by atoms with Gasteiger partial charge in [0, 0.05) is 37.9 Å². The highest BCUT2D eigenvalue weighted by Gasteiger charge is 2.28. The van der Waals surface area contributed by atoms with Crippen LogP contribution in [0.25, 0.3) is 11.3 Å². The van der Waals surface area contributed by atoms with Crippen molar-refractivity contribution in [3.8, 4) is 17.0 Å². The van der Waals surface area contributed by atoms with Gasteiger partial charge in [0.2, 0.25) is 0 Å². The molecular weight excluding hydrogens is 443 g/mol. The Morgan fingerprint density at radius 1 is 0.914 bits per heavy atom. The molecule has 1 amide bonds. The largest absolute Gasteiger partial charge is 0.496 e. The van der Waals surface area contributed by atoms with Gasteiger partial charge in [0.1, 0.15) is 17.3 Å². The van der Waals surface area contributed by atoms with Crippen LogP contribution in [-0.2, 0) is 6.54 Å². The fourth-order valence-electron chi connectivity index (χ4n) is 4.50. The second kappa shape index (κ2) is 10.0. The van der Waals surface area contributed by atoms with Gasteiger partial charge in [-0.25, -0.2) is 4.39 Å².